The van der Waals surface area contributed by atoms with Crippen molar-refractivity contribution in [2.45, 2.75) is 26.0 Å². The van der Waals surface area contributed by atoms with Crippen LogP contribution in [0, 0.1) is 6.92 Å². The van der Waals surface area contributed by atoms with E-state index in [4.69, 9.17) is 9.15 Å². The zero-order valence-electron chi connectivity index (χ0n) is 10.7. The van der Waals surface area contributed by atoms with Crippen LogP contribution >= 0.6 is 0 Å². The number of nitrogens with zero attached hydrogens (tertiary/aromatic N) is 2. The third-order valence-corrected chi connectivity index (χ3v) is 2.94. The maximum absolute atomic E-state index is 10.3. The third-order valence-electron chi connectivity index (χ3n) is 2.94. The minimum Gasteiger partial charge on any atom is -0.469 e. The molecular formula is C13H18N2O3. The van der Waals surface area contributed by atoms with Gasteiger partial charge in [0.1, 0.15) is 11.9 Å². The van der Waals surface area contributed by atoms with Gasteiger partial charge in [-0.15, -0.1) is 0 Å². The largest absolute Gasteiger partial charge is 0.469 e. The molecule has 0 aliphatic heterocycles. The number of aliphatic hydroxyl groups excluding tert-OH is 1. The van der Waals surface area contributed by atoms with Gasteiger partial charge in [-0.05, 0) is 25.5 Å². The molecule has 0 saturated heterocycles. The highest BCUT2D eigenvalue weighted by atomic mass is 16.5. The summed E-state index contributed by atoms with van der Waals surface area (Å²) in [7, 11) is 1.67. The molecule has 0 aromatic carbocycles. The number of aliphatic hydroxyl groups is 1. The fraction of sp³-hybridized carbons (Fsp3) is 0.462. The lowest BCUT2D eigenvalue weighted by molar-refractivity contribution is 0.182. The lowest BCUT2D eigenvalue weighted by Gasteiger charge is -2.12. The first kappa shape index (κ1) is 12.9. The number of rotatable bonds is 6. The van der Waals surface area contributed by atoms with E-state index in [-0.39, 0.29) is 0 Å². The van der Waals surface area contributed by atoms with Crippen LogP contribution in [0.2, 0.25) is 0 Å². The fourth-order valence-corrected chi connectivity index (χ4v) is 1.96. The summed E-state index contributed by atoms with van der Waals surface area (Å²) in [6.07, 6.45) is 3.44. The van der Waals surface area contributed by atoms with Crippen molar-refractivity contribution in [3.05, 3.63) is 41.6 Å². The molecule has 0 amide bonds. The Morgan fingerprint density at radius 2 is 2.33 bits per heavy atom. The van der Waals surface area contributed by atoms with E-state index < -0.39 is 6.10 Å². The van der Waals surface area contributed by atoms with Gasteiger partial charge in [-0.2, -0.15) is 5.10 Å². The Morgan fingerprint density at radius 3 is 3.00 bits per heavy atom. The number of aromatic nitrogens is 2. The molecule has 0 aliphatic carbocycles. The molecule has 0 aliphatic rings. The number of methoxy groups -OCH3 is 1. The van der Waals surface area contributed by atoms with Gasteiger partial charge in [0.2, 0.25) is 0 Å². The summed E-state index contributed by atoms with van der Waals surface area (Å²) in [5, 5.41) is 14.6. The fourth-order valence-electron chi connectivity index (χ4n) is 1.96. The molecular weight excluding hydrogens is 232 g/mol. The second-order valence-electron chi connectivity index (χ2n) is 4.16. The van der Waals surface area contributed by atoms with Crippen LogP contribution in [0.3, 0.4) is 0 Å². The SMILES string of the molecule is COCCCn1nccc1C(O)c1ccoc1C. The molecule has 1 N–H and O–H groups in total. The summed E-state index contributed by atoms with van der Waals surface area (Å²) in [4.78, 5) is 0. The Labute approximate surface area is 106 Å². The van der Waals surface area contributed by atoms with Gasteiger partial charge < -0.3 is 14.3 Å². The molecule has 2 rings (SSSR count). The van der Waals surface area contributed by atoms with Crippen LogP contribution in [0.5, 0.6) is 0 Å². The van der Waals surface area contributed by atoms with Crippen molar-refractivity contribution >= 4 is 0 Å². The van der Waals surface area contributed by atoms with Crippen molar-refractivity contribution in [1.29, 1.82) is 0 Å². The summed E-state index contributed by atoms with van der Waals surface area (Å²) < 4.78 is 12.0. The van der Waals surface area contributed by atoms with Crippen LogP contribution in [0.4, 0.5) is 0 Å². The van der Waals surface area contributed by atoms with Crippen molar-refractivity contribution in [3.8, 4) is 0 Å². The Balaban J connectivity index is 2.13. The molecule has 0 spiro atoms. The smallest absolute Gasteiger partial charge is 0.124 e. The number of aryl methyl sites for hydroxylation is 2. The van der Waals surface area contributed by atoms with E-state index in [0.717, 1.165) is 30.0 Å². The van der Waals surface area contributed by atoms with E-state index in [1.807, 2.05) is 13.0 Å². The van der Waals surface area contributed by atoms with Crippen LogP contribution in [0.25, 0.3) is 0 Å². The molecule has 1 atom stereocenters. The van der Waals surface area contributed by atoms with E-state index >= 15 is 0 Å². The molecule has 98 valence electrons. The minimum absolute atomic E-state index is 0.681. The van der Waals surface area contributed by atoms with Crippen molar-refractivity contribution in [3.63, 3.8) is 0 Å². The van der Waals surface area contributed by atoms with Crippen LogP contribution in [-0.4, -0.2) is 28.6 Å². The predicted octanol–water partition coefficient (Wildman–Crippen LogP) is 1.90. The average Bonchev–Trinajstić information content (AvgIpc) is 2.97. The number of hydrogen-bond donors (Lipinski definition) is 1. The van der Waals surface area contributed by atoms with Crippen LogP contribution < -0.4 is 0 Å². The van der Waals surface area contributed by atoms with Gasteiger partial charge in [0.15, 0.2) is 0 Å². The maximum atomic E-state index is 10.3. The van der Waals surface area contributed by atoms with Crippen molar-refractivity contribution in [2.75, 3.05) is 13.7 Å². The standard InChI is InChI=1S/C13H18N2O3/c1-10-11(5-9-18-10)13(16)12-4-6-14-15(12)7-3-8-17-2/h4-6,9,13,16H,3,7-8H2,1-2H3. The molecule has 0 fully saturated rings. The topological polar surface area (TPSA) is 60.4 Å². The van der Waals surface area contributed by atoms with Gasteiger partial charge in [0.05, 0.1) is 12.0 Å². The van der Waals surface area contributed by atoms with Gasteiger partial charge in [-0.25, -0.2) is 0 Å². The molecule has 0 bridgehead atoms. The van der Waals surface area contributed by atoms with E-state index in [2.05, 4.69) is 5.10 Å². The molecule has 5 nitrogen and oxygen atoms in total. The van der Waals surface area contributed by atoms with E-state index in [0.29, 0.717) is 6.61 Å². The normalized spacial score (nSPS) is 12.8. The Bertz CT molecular complexity index is 490. The van der Waals surface area contributed by atoms with Crippen molar-refractivity contribution < 1.29 is 14.3 Å². The molecule has 0 radical (unpaired) electrons. The lowest BCUT2D eigenvalue weighted by atomic mass is 10.1. The summed E-state index contributed by atoms with van der Waals surface area (Å²) in [6, 6.07) is 3.61. The molecule has 2 aromatic rings. The maximum Gasteiger partial charge on any atom is 0.124 e. The molecule has 2 heterocycles. The zero-order valence-corrected chi connectivity index (χ0v) is 10.7. The first-order valence-corrected chi connectivity index (χ1v) is 5.96. The molecule has 0 saturated carbocycles. The quantitative estimate of drug-likeness (QED) is 0.795. The third kappa shape index (κ3) is 2.63. The lowest BCUT2D eigenvalue weighted by Crippen LogP contribution is -2.11. The van der Waals surface area contributed by atoms with Gasteiger partial charge in [-0.1, -0.05) is 0 Å². The number of ether oxygens (including phenoxy) is 1. The Hall–Kier alpha value is -1.59. The van der Waals surface area contributed by atoms with Crippen molar-refractivity contribution in [2.24, 2.45) is 0 Å². The van der Waals surface area contributed by atoms with E-state index in [1.54, 1.807) is 30.3 Å². The van der Waals surface area contributed by atoms with Gasteiger partial charge in [0.25, 0.3) is 0 Å². The van der Waals surface area contributed by atoms with Crippen LogP contribution in [-0.2, 0) is 11.3 Å². The highest BCUT2D eigenvalue weighted by Crippen LogP contribution is 2.25. The molecule has 18 heavy (non-hydrogen) atoms. The Morgan fingerprint density at radius 1 is 1.50 bits per heavy atom. The summed E-state index contributed by atoms with van der Waals surface area (Å²) in [5.74, 6) is 0.729. The average molecular weight is 250 g/mol. The number of hydrogen-bond acceptors (Lipinski definition) is 4. The van der Waals surface area contributed by atoms with Gasteiger partial charge in [-0.3, -0.25) is 4.68 Å². The predicted molar refractivity (Wildman–Crippen MR) is 66.2 cm³/mol. The monoisotopic (exact) mass is 250 g/mol. The van der Waals surface area contributed by atoms with Crippen molar-refractivity contribution in [1.82, 2.24) is 9.78 Å². The summed E-state index contributed by atoms with van der Waals surface area (Å²) in [6.45, 7) is 3.24. The Kier molecular flexibility index (Phi) is 4.17. The zero-order chi connectivity index (χ0) is 13.0. The highest BCUT2D eigenvalue weighted by Gasteiger charge is 2.18. The summed E-state index contributed by atoms with van der Waals surface area (Å²) in [5.41, 5.74) is 1.55. The van der Waals surface area contributed by atoms with Crippen LogP contribution in [0.15, 0.2) is 29.0 Å². The summed E-state index contributed by atoms with van der Waals surface area (Å²) >= 11 is 0. The van der Waals surface area contributed by atoms with E-state index in [9.17, 15) is 5.11 Å². The molecule has 2 aromatic heterocycles. The van der Waals surface area contributed by atoms with Gasteiger partial charge >= 0.3 is 0 Å². The first-order chi connectivity index (χ1) is 8.74. The van der Waals surface area contributed by atoms with Crippen LogP contribution in [0.1, 0.15) is 29.5 Å². The number of furan rings is 1. The second kappa shape index (κ2) is 5.84. The van der Waals surface area contributed by atoms with E-state index in [1.165, 1.54) is 0 Å². The van der Waals surface area contributed by atoms with Gasteiger partial charge in [0, 0.05) is 32.0 Å². The second-order valence-corrected chi connectivity index (χ2v) is 4.16. The first-order valence-electron chi connectivity index (χ1n) is 5.96. The molecule has 5 heteroatoms. The minimum atomic E-state index is -0.700. The molecule has 1 unspecified atom stereocenters. The highest BCUT2D eigenvalue weighted by molar-refractivity contribution is 5.26.